The van der Waals surface area contributed by atoms with Crippen molar-refractivity contribution in [1.82, 2.24) is 14.5 Å². The first-order chi connectivity index (χ1) is 14.3. The molecule has 9 heteroatoms. The van der Waals surface area contributed by atoms with Gasteiger partial charge in [0.2, 0.25) is 5.78 Å². The zero-order valence-electron chi connectivity index (χ0n) is 19.5. The van der Waals surface area contributed by atoms with Gasteiger partial charge in [0.15, 0.2) is 0 Å². The standard InChI is InChI=1S/C12H18ClN3O.C10H16N.Cl2I/c1-8(2)16-9(3)14-6-11(16)12(17)10(13)7-15(4)5;1-11(2,3)9-10-7-5-4-6-8-10;1-3-2/h6-8H,1-5H3;4-8H,9H2,1-3H3;/q;+1;-1/b10-7+;;. The Morgan fingerprint density at radius 1 is 1.19 bits per heavy atom. The minimum absolute atomic E-state index is 0.181. The Labute approximate surface area is 210 Å². The predicted molar refractivity (Wildman–Crippen MR) is 129 cm³/mol. The molecule has 0 bridgehead atoms. The molecule has 5 nitrogen and oxygen atoms in total. The summed E-state index contributed by atoms with van der Waals surface area (Å²) in [5, 5.41) is 0.191. The third kappa shape index (κ3) is 12.7. The van der Waals surface area contributed by atoms with Gasteiger partial charge in [0, 0.05) is 31.9 Å². The van der Waals surface area contributed by atoms with E-state index in [2.05, 4.69) is 56.5 Å². The van der Waals surface area contributed by atoms with Crippen LogP contribution in [0.4, 0.5) is 0 Å². The van der Waals surface area contributed by atoms with Gasteiger partial charge >= 0.3 is 36.8 Å². The van der Waals surface area contributed by atoms with Crippen LogP contribution in [0.2, 0.25) is 0 Å². The molecule has 0 aliphatic rings. The summed E-state index contributed by atoms with van der Waals surface area (Å²) < 4.78 is 2.87. The number of aromatic nitrogens is 2. The number of benzene rings is 1. The van der Waals surface area contributed by atoms with Crippen LogP contribution < -0.4 is 18.9 Å². The van der Waals surface area contributed by atoms with Gasteiger partial charge in [-0.15, -0.1) is 0 Å². The van der Waals surface area contributed by atoms with Crippen molar-refractivity contribution in [3.05, 3.63) is 64.8 Å². The van der Waals surface area contributed by atoms with Crippen molar-refractivity contribution in [2.24, 2.45) is 0 Å². The van der Waals surface area contributed by atoms with E-state index in [1.807, 2.05) is 39.4 Å². The number of carbonyl (C=O) groups is 1. The van der Waals surface area contributed by atoms with Gasteiger partial charge in [-0.3, -0.25) is 4.79 Å². The minimum atomic E-state index is -0.466. The topological polar surface area (TPSA) is 38.1 Å². The molecule has 0 N–H and O–H groups in total. The zero-order chi connectivity index (χ0) is 24.2. The van der Waals surface area contributed by atoms with E-state index in [1.54, 1.807) is 17.3 Å². The number of Topliss-reactive ketones (excluding diaryl/α,β-unsaturated/α-hetero) is 1. The molecule has 0 spiro atoms. The predicted octanol–water partition coefficient (Wildman–Crippen LogP) is 2.87. The van der Waals surface area contributed by atoms with E-state index >= 15 is 0 Å². The summed E-state index contributed by atoms with van der Waals surface area (Å²) in [6.45, 7) is 6.99. The quantitative estimate of drug-likeness (QED) is 0.221. The van der Waals surface area contributed by atoms with E-state index in [-0.39, 0.29) is 16.9 Å². The van der Waals surface area contributed by atoms with E-state index in [4.69, 9.17) is 29.4 Å². The van der Waals surface area contributed by atoms with Crippen LogP contribution in [0, 0.1) is 6.92 Å². The fourth-order valence-corrected chi connectivity index (χ4v) is 3.10. The van der Waals surface area contributed by atoms with E-state index in [9.17, 15) is 4.79 Å². The summed E-state index contributed by atoms with van der Waals surface area (Å²) in [7, 11) is 20.0. The second kappa shape index (κ2) is 15.1. The Balaban J connectivity index is 0.000000551. The average Bonchev–Trinajstić information content (AvgIpc) is 3.03. The van der Waals surface area contributed by atoms with E-state index in [1.165, 1.54) is 5.56 Å². The molecule has 0 fully saturated rings. The molecule has 2 aromatic rings. The third-order valence-electron chi connectivity index (χ3n) is 3.82. The van der Waals surface area contributed by atoms with Gasteiger partial charge in [-0.1, -0.05) is 41.9 Å². The molecule has 0 saturated heterocycles. The van der Waals surface area contributed by atoms with Crippen molar-refractivity contribution in [1.29, 1.82) is 0 Å². The summed E-state index contributed by atoms with van der Waals surface area (Å²) in [5.41, 5.74) is 1.93. The van der Waals surface area contributed by atoms with E-state index in [0.717, 1.165) is 16.9 Å². The first-order valence-electron chi connectivity index (χ1n) is 9.67. The number of hydrogen-bond donors (Lipinski definition) is 0. The van der Waals surface area contributed by atoms with Gasteiger partial charge in [0.25, 0.3) is 0 Å². The van der Waals surface area contributed by atoms with Crippen LogP contribution in [-0.2, 0) is 6.54 Å². The van der Waals surface area contributed by atoms with Crippen molar-refractivity contribution < 1.29 is 28.2 Å². The fraction of sp³-hybridized carbons (Fsp3) is 0.455. The van der Waals surface area contributed by atoms with Crippen LogP contribution in [0.25, 0.3) is 0 Å². The van der Waals surface area contributed by atoms with Crippen molar-refractivity contribution >= 4 is 35.2 Å². The van der Waals surface area contributed by atoms with Gasteiger partial charge in [0.1, 0.15) is 23.1 Å². The summed E-state index contributed by atoms with van der Waals surface area (Å²) in [5.74, 6) is 0.618. The second-order valence-electron chi connectivity index (χ2n) is 8.41. The van der Waals surface area contributed by atoms with Crippen LogP contribution >= 0.6 is 29.4 Å². The normalized spacial score (nSPS) is 11.4. The Hall–Kier alpha value is -0.800. The van der Waals surface area contributed by atoms with Crippen LogP contribution in [0.3, 0.4) is 0 Å². The molecular formula is C22H34Cl3IN4O. The number of ketones is 1. The number of imidazole rings is 1. The number of aryl methyl sites for hydroxylation is 1. The van der Waals surface area contributed by atoms with Crippen molar-refractivity contribution in [3.8, 4) is 0 Å². The molecule has 0 unspecified atom stereocenters. The summed E-state index contributed by atoms with van der Waals surface area (Å²) in [6.07, 6.45) is 3.17. The van der Waals surface area contributed by atoms with Gasteiger partial charge in [0.05, 0.1) is 27.3 Å². The van der Waals surface area contributed by atoms with Crippen LogP contribution in [0.5, 0.6) is 0 Å². The molecule has 176 valence electrons. The van der Waals surface area contributed by atoms with Crippen LogP contribution in [-0.4, -0.2) is 60.0 Å². The molecule has 1 heterocycles. The third-order valence-corrected chi connectivity index (χ3v) is 4.09. The number of carbonyl (C=O) groups excluding carboxylic acids is 1. The molecule has 31 heavy (non-hydrogen) atoms. The van der Waals surface area contributed by atoms with E-state index < -0.39 is 18.9 Å². The summed E-state index contributed by atoms with van der Waals surface area (Å²) >= 11 is 5.51. The maximum atomic E-state index is 12.1. The monoisotopic (exact) mass is 602 g/mol. The Kier molecular flexibility index (Phi) is 14.7. The molecule has 0 aliphatic carbocycles. The SMILES string of the molecule is C[N+](C)(C)Cc1ccccc1.Cc1ncc(C(=O)/C(Cl)=C\N(C)C)n1C(C)C.Cl[I-]Cl. The molecule has 0 aliphatic heterocycles. The maximum absolute atomic E-state index is 12.1. The fourth-order valence-electron chi connectivity index (χ4n) is 2.81. The van der Waals surface area contributed by atoms with Crippen molar-refractivity contribution in [3.63, 3.8) is 0 Å². The molecule has 0 saturated carbocycles. The number of allylic oxidation sites excluding steroid dienone is 1. The van der Waals surface area contributed by atoms with Crippen LogP contribution in [0.1, 0.15) is 41.8 Å². The number of hydrogen-bond acceptors (Lipinski definition) is 3. The van der Waals surface area contributed by atoms with Gasteiger partial charge in [-0.25, -0.2) is 4.98 Å². The van der Waals surface area contributed by atoms with Gasteiger partial charge < -0.3 is 14.0 Å². The molecule has 1 aromatic carbocycles. The number of rotatable bonds is 6. The first-order valence-corrected chi connectivity index (χ1v) is 15.5. The van der Waals surface area contributed by atoms with E-state index in [0.29, 0.717) is 5.69 Å². The van der Waals surface area contributed by atoms with Gasteiger partial charge in [-0.05, 0) is 20.8 Å². The summed E-state index contributed by atoms with van der Waals surface area (Å²) in [4.78, 5) is 18.0. The molecule has 1 aromatic heterocycles. The number of halogens is 4. The Morgan fingerprint density at radius 2 is 1.71 bits per heavy atom. The first kappa shape index (κ1) is 30.2. The average molecular weight is 604 g/mol. The number of nitrogens with zero attached hydrogens (tertiary/aromatic N) is 4. The summed E-state index contributed by atoms with van der Waals surface area (Å²) in [6, 6.07) is 10.8. The Morgan fingerprint density at radius 3 is 2.13 bits per heavy atom. The second-order valence-corrected chi connectivity index (χ2v) is 12.0. The molecule has 0 atom stereocenters. The number of quaternary nitrogens is 1. The molecule has 0 radical (unpaired) electrons. The molecule has 2 rings (SSSR count). The molecule has 0 amide bonds. The van der Waals surface area contributed by atoms with Crippen molar-refractivity contribution in [2.45, 2.75) is 33.4 Å². The van der Waals surface area contributed by atoms with Crippen LogP contribution in [0.15, 0.2) is 47.8 Å². The zero-order valence-corrected chi connectivity index (χ0v) is 24.0. The Bertz CT molecular complexity index is 816. The van der Waals surface area contributed by atoms with Gasteiger partial charge in [-0.2, -0.15) is 0 Å². The van der Waals surface area contributed by atoms with Crippen molar-refractivity contribution in [2.75, 3.05) is 35.2 Å². The molecular weight excluding hydrogens is 570 g/mol.